The molecule has 2 rings (SSSR count). The first kappa shape index (κ1) is 14.5. The summed E-state index contributed by atoms with van der Waals surface area (Å²) in [7, 11) is 2.07. The van der Waals surface area contributed by atoms with Crippen molar-refractivity contribution in [3.63, 3.8) is 0 Å². The van der Waals surface area contributed by atoms with E-state index in [1.807, 2.05) is 29.2 Å². The maximum Gasteiger partial charge on any atom is 0.227 e. The van der Waals surface area contributed by atoms with Crippen LogP contribution in [0.15, 0.2) is 28.7 Å². The van der Waals surface area contributed by atoms with E-state index in [-0.39, 0.29) is 11.9 Å². The van der Waals surface area contributed by atoms with E-state index in [0.717, 1.165) is 29.7 Å². The van der Waals surface area contributed by atoms with E-state index in [2.05, 4.69) is 27.9 Å². The molecular formula is C14H20BrN3O. The summed E-state index contributed by atoms with van der Waals surface area (Å²) < 4.78 is 1.01. The molecule has 1 unspecified atom stereocenters. The number of nitrogens with two attached hydrogens (primary N) is 1. The van der Waals surface area contributed by atoms with Crippen molar-refractivity contribution >= 4 is 21.8 Å². The first-order chi connectivity index (χ1) is 9.10. The maximum absolute atomic E-state index is 12.4. The highest BCUT2D eigenvalue weighted by Crippen LogP contribution is 2.15. The van der Waals surface area contributed by atoms with E-state index < -0.39 is 0 Å². The molecule has 1 atom stereocenters. The zero-order chi connectivity index (χ0) is 13.8. The minimum absolute atomic E-state index is 0.137. The molecule has 0 radical (unpaired) electrons. The van der Waals surface area contributed by atoms with Crippen LogP contribution < -0.4 is 5.73 Å². The summed E-state index contributed by atoms with van der Waals surface area (Å²) in [6.07, 6.45) is 0.444. The summed E-state index contributed by atoms with van der Waals surface area (Å²) in [6.45, 7) is 3.07. The van der Waals surface area contributed by atoms with Gasteiger partial charge in [-0.1, -0.05) is 28.1 Å². The van der Waals surface area contributed by atoms with Crippen LogP contribution in [-0.2, 0) is 11.2 Å². The third-order valence-corrected chi connectivity index (χ3v) is 4.02. The number of hydrogen-bond acceptors (Lipinski definition) is 3. The van der Waals surface area contributed by atoms with E-state index in [4.69, 9.17) is 5.73 Å². The predicted octanol–water partition coefficient (Wildman–Crippen LogP) is 1.09. The fourth-order valence-corrected chi connectivity index (χ4v) is 2.91. The normalized spacial score (nSPS) is 20.6. The van der Waals surface area contributed by atoms with Crippen LogP contribution in [0, 0.1) is 0 Å². The molecule has 1 amide bonds. The largest absolute Gasteiger partial charge is 0.336 e. The standard InChI is InChI=1S/C14H20BrN3O/c1-17-5-6-18(13(9-16)10-17)14(19)8-11-3-2-4-12(15)7-11/h2-4,7,13H,5-6,8-10,16H2,1H3. The van der Waals surface area contributed by atoms with Gasteiger partial charge in [-0.2, -0.15) is 0 Å². The Morgan fingerprint density at radius 2 is 2.26 bits per heavy atom. The number of halogens is 1. The van der Waals surface area contributed by atoms with Gasteiger partial charge in [-0.25, -0.2) is 0 Å². The molecule has 0 spiro atoms. The number of carbonyl (C=O) groups is 1. The molecule has 19 heavy (non-hydrogen) atoms. The Labute approximate surface area is 122 Å². The third-order valence-electron chi connectivity index (χ3n) is 3.52. The minimum atomic E-state index is 0.137. The molecule has 0 bridgehead atoms. The number of hydrogen-bond donors (Lipinski definition) is 1. The highest BCUT2D eigenvalue weighted by atomic mass is 79.9. The van der Waals surface area contributed by atoms with Gasteiger partial charge in [-0.3, -0.25) is 4.79 Å². The maximum atomic E-state index is 12.4. The van der Waals surface area contributed by atoms with Crippen molar-refractivity contribution in [1.29, 1.82) is 0 Å². The molecule has 1 aliphatic rings. The lowest BCUT2D eigenvalue weighted by molar-refractivity contribution is -0.134. The van der Waals surface area contributed by atoms with Crippen molar-refractivity contribution in [3.8, 4) is 0 Å². The molecule has 1 fully saturated rings. The average molecular weight is 326 g/mol. The number of rotatable bonds is 3. The molecule has 1 saturated heterocycles. The van der Waals surface area contributed by atoms with Crippen LogP contribution >= 0.6 is 15.9 Å². The molecule has 1 aliphatic heterocycles. The molecular weight excluding hydrogens is 306 g/mol. The number of likely N-dealkylation sites (N-methyl/N-ethyl adjacent to an activating group) is 1. The van der Waals surface area contributed by atoms with E-state index in [9.17, 15) is 4.79 Å². The van der Waals surface area contributed by atoms with Gasteiger partial charge < -0.3 is 15.5 Å². The number of nitrogens with zero attached hydrogens (tertiary/aromatic N) is 2. The molecule has 5 heteroatoms. The number of piperazine rings is 1. The molecule has 104 valence electrons. The Morgan fingerprint density at radius 1 is 1.47 bits per heavy atom. The van der Waals surface area contributed by atoms with Crippen LogP contribution in [0.3, 0.4) is 0 Å². The van der Waals surface area contributed by atoms with Crippen molar-refractivity contribution in [2.45, 2.75) is 12.5 Å². The first-order valence-electron chi connectivity index (χ1n) is 6.52. The first-order valence-corrected chi connectivity index (χ1v) is 7.32. The Bertz CT molecular complexity index is 452. The molecule has 0 aromatic heterocycles. The van der Waals surface area contributed by atoms with Crippen molar-refractivity contribution in [1.82, 2.24) is 9.80 Å². The second-order valence-corrected chi connectivity index (χ2v) is 5.96. The van der Waals surface area contributed by atoms with Gasteiger partial charge >= 0.3 is 0 Å². The van der Waals surface area contributed by atoms with Crippen molar-refractivity contribution in [3.05, 3.63) is 34.3 Å². The summed E-state index contributed by atoms with van der Waals surface area (Å²) >= 11 is 3.43. The zero-order valence-corrected chi connectivity index (χ0v) is 12.8. The molecule has 0 aliphatic carbocycles. The summed E-state index contributed by atoms with van der Waals surface area (Å²) in [6, 6.07) is 8.03. The van der Waals surface area contributed by atoms with Crippen molar-refractivity contribution in [2.75, 3.05) is 33.2 Å². The molecule has 1 aromatic carbocycles. The third kappa shape index (κ3) is 3.78. The van der Waals surface area contributed by atoms with Gasteiger partial charge in [0.1, 0.15) is 0 Å². The van der Waals surface area contributed by atoms with E-state index in [0.29, 0.717) is 13.0 Å². The molecule has 1 aromatic rings. The smallest absolute Gasteiger partial charge is 0.227 e. The second kappa shape index (κ2) is 6.50. The van der Waals surface area contributed by atoms with Crippen LogP contribution in [0.5, 0.6) is 0 Å². The SMILES string of the molecule is CN1CCN(C(=O)Cc2cccc(Br)c2)C(CN)C1. The van der Waals surface area contributed by atoms with Crippen LogP contribution in [0.1, 0.15) is 5.56 Å². The Balaban J connectivity index is 2.02. The summed E-state index contributed by atoms with van der Waals surface area (Å²) in [5.41, 5.74) is 6.82. The molecule has 4 nitrogen and oxygen atoms in total. The minimum Gasteiger partial charge on any atom is -0.336 e. The van der Waals surface area contributed by atoms with Crippen molar-refractivity contribution in [2.24, 2.45) is 5.73 Å². The van der Waals surface area contributed by atoms with Crippen LogP contribution in [-0.4, -0.2) is 55.0 Å². The molecule has 2 N–H and O–H groups in total. The van der Waals surface area contributed by atoms with Crippen LogP contribution in [0.4, 0.5) is 0 Å². The van der Waals surface area contributed by atoms with Crippen LogP contribution in [0.25, 0.3) is 0 Å². The molecule has 1 heterocycles. The fourth-order valence-electron chi connectivity index (χ4n) is 2.46. The lowest BCUT2D eigenvalue weighted by Crippen LogP contribution is -2.57. The number of benzene rings is 1. The summed E-state index contributed by atoms with van der Waals surface area (Å²) in [5, 5.41) is 0. The number of amides is 1. The molecule has 0 saturated carbocycles. The monoisotopic (exact) mass is 325 g/mol. The summed E-state index contributed by atoms with van der Waals surface area (Å²) in [4.78, 5) is 16.5. The zero-order valence-electron chi connectivity index (χ0n) is 11.2. The Hall–Kier alpha value is -0.910. The predicted molar refractivity (Wildman–Crippen MR) is 79.9 cm³/mol. The lowest BCUT2D eigenvalue weighted by Gasteiger charge is -2.39. The Kier molecular flexibility index (Phi) is 4.96. The number of carbonyl (C=O) groups excluding carboxylic acids is 1. The lowest BCUT2D eigenvalue weighted by atomic mass is 10.1. The second-order valence-electron chi connectivity index (χ2n) is 5.05. The van der Waals surface area contributed by atoms with Gasteiger partial charge in [0.25, 0.3) is 0 Å². The van der Waals surface area contributed by atoms with E-state index in [1.54, 1.807) is 0 Å². The van der Waals surface area contributed by atoms with Gasteiger partial charge in [0.15, 0.2) is 0 Å². The average Bonchev–Trinajstić information content (AvgIpc) is 2.38. The quantitative estimate of drug-likeness (QED) is 0.905. The van der Waals surface area contributed by atoms with Gasteiger partial charge in [0.05, 0.1) is 12.5 Å². The van der Waals surface area contributed by atoms with E-state index >= 15 is 0 Å². The van der Waals surface area contributed by atoms with Gasteiger partial charge in [-0.15, -0.1) is 0 Å². The fraction of sp³-hybridized carbons (Fsp3) is 0.500. The van der Waals surface area contributed by atoms with Gasteiger partial charge in [-0.05, 0) is 24.7 Å². The summed E-state index contributed by atoms with van der Waals surface area (Å²) in [5.74, 6) is 0.168. The Morgan fingerprint density at radius 3 is 2.95 bits per heavy atom. The van der Waals surface area contributed by atoms with Crippen LogP contribution in [0.2, 0.25) is 0 Å². The van der Waals surface area contributed by atoms with E-state index in [1.165, 1.54) is 0 Å². The van der Waals surface area contributed by atoms with Gasteiger partial charge in [0, 0.05) is 30.7 Å². The van der Waals surface area contributed by atoms with Crippen molar-refractivity contribution < 1.29 is 4.79 Å². The van der Waals surface area contributed by atoms with Gasteiger partial charge in [0.2, 0.25) is 5.91 Å². The highest BCUT2D eigenvalue weighted by molar-refractivity contribution is 9.10. The topological polar surface area (TPSA) is 49.6 Å². The highest BCUT2D eigenvalue weighted by Gasteiger charge is 2.27.